The van der Waals surface area contributed by atoms with Gasteiger partial charge in [0.2, 0.25) is 0 Å². The van der Waals surface area contributed by atoms with Crippen LogP contribution in [0.4, 0.5) is 5.69 Å². The zero-order valence-corrected chi connectivity index (χ0v) is 12.1. The summed E-state index contributed by atoms with van der Waals surface area (Å²) in [5.41, 5.74) is 6.41. The first kappa shape index (κ1) is 15.6. The summed E-state index contributed by atoms with van der Waals surface area (Å²) in [6.45, 7) is 2.92. The quantitative estimate of drug-likeness (QED) is 0.612. The van der Waals surface area contributed by atoms with E-state index < -0.39 is 4.92 Å². The minimum Gasteiger partial charge on any atom is -0.350 e. The van der Waals surface area contributed by atoms with E-state index in [0.717, 1.165) is 0 Å². The molecule has 0 radical (unpaired) electrons. The third kappa shape index (κ3) is 3.67. The summed E-state index contributed by atoms with van der Waals surface area (Å²) in [7, 11) is 0. The standard InChI is InChI=1S/C14H17N5O3/c1-10(8-15)9-16-14(20)13-6-7-18(17-13)11-2-4-12(5-3-11)19(21)22/h2-7,10H,8-9,15H2,1H3,(H,16,20). The van der Waals surface area contributed by atoms with Crippen LogP contribution in [0.5, 0.6) is 0 Å². The van der Waals surface area contributed by atoms with E-state index in [2.05, 4.69) is 10.4 Å². The van der Waals surface area contributed by atoms with Gasteiger partial charge in [-0.25, -0.2) is 4.68 Å². The van der Waals surface area contributed by atoms with Crippen LogP contribution in [-0.2, 0) is 0 Å². The Morgan fingerprint density at radius 3 is 2.68 bits per heavy atom. The van der Waals surface area contributed by atoms with Gasteiger partial charge in [0, 0.05) is 24.9 Å². The molecule has 0 aliphatic rings. The van der Waals surface area contributed by atoms with E-state index in [4.69, 9.17) is 5.73 Å². The van der Waals surface area contributed by atoms with Gasteiger partial charge in [0.05, 0.1) is 10.6 Å². The number of carbonyl (C=O) groups excluding carboxylic acids is 1. The van der Waals surface area contributed by atoms with Crippen molar-refractivity contribution in [2.24, 2.45) is 11.7 Å². The molecule has 0 aliphatic heterocycles. The van der Waals surface area contributed by atoms with Crippen LogP contribution in [0.1, 0.15) is 17.4 Å². The molecular weight excluding hydrogens is 286 g/mol. The Kier molecular flexibility index (Phi) is 4.84. The van der Waals surface area contributed by atoms with Crippen molar-refractivity contribution in [1.29, 1.82) is 0 Å². The maximum absolute atomic E-state index is 11.9. The van der Waals surface area contributed by atoms with Crippen LogP contribution in [0.25, 0.3) is 5.69 Å². The average molecular weight is 303 g/mol. The molecule has 2 aromatic rings. The first-order chi connectivity index (χ1) is 10.5. The van der Waals surface area contributed by atoms with Crippen LogP contribution >= 0.6 is 0 Å². The summed E-state index contributed by atoms with van der Waals surface area (Å²) in [6, 6.07) is 7.51. The van der Waals surface area contributed by atoms with Crippen LogP contribution in [0.3, 0.4) is 0 Å². The molecule has 1 amide bonds. The zero-order valence-electron chi connectivity index (χ0n) is 12.1. The second-order valence-corrected chi connectivity index (χ2v) is 4.97. The topological polar surface area (TPSA) is 116 Å². The fraction of sp³-hybridized carbons (Fsp3) is 0.286. The van der Waals surface area contributed by atoms with Gasteiger partial charge in [-0.2, -0.15) is 5.10 Å². The SMILES string of the molecule is CC(CN)CNC(=O)c1ccn(-c2ccc([N+](=O)[O-])cc2)n1. The molecular formula is C14H17N5O3. The van der Waals surface area contributed by atoms with E-state index in [1.807, 2.05) is 6.92 Å². The van der Waals surface area contributed by atoms with Gasteiger partial charge in [-0.05, 0) is 30.7 Å². The van der Waals surface area contributed by atoms with Gasteiger partial charge in [-0.1, -0.05) is 6.92 Å². The molecule has 0 spiro atoms. The van der Waals surface area contributed by atoms with E-state index in [1.165, 1.54) is 16.8 Å². The van der Waals surface area contributed by atoms with E-state index in [9.17, 15) is 14.9 Å². The fourth-order valence-electron chi connectivity index (χ4n) is 1.76. The Bertz CT molecular complexity index is 665. The highest BCUT2D eigenvalue weighted by atomic mass is 16.6. The molecule has 0 bridgehead atoms. The first-order valence-electron chi connectivity index (χ1n) is 6.80. The molecule has 1 aromatic heterocycles. The number of benzene rings is 1. The van der Waals surface area contributed by atoms with Gasteiger partial charge in [0.15, 0.2) is 5.69 Å². The number of non-ortho nitro benzene ring substituents is 1. The van der Waals surface area contributed by atoms with Gasteiger partial charge in [-0.3, -0.25) is 14.9 Å². The van der Waals surface area contributed by atoms with Crippen molar-refractivity contribution in [3.8, 4) is 5.69 Å². The summed E-state index contributed by atoms with van der Waals surface area (Å²) < 4.78 is 1.49. The van der Waals surface area contributed by atoms with Crippen LogP contribution in [-0.4, -0.2) is 33.7 Å². The highest BCUT2D eigenvalue weighted by molar-refractivity contribution is 5.92. The average Bonchev–Trinajstić information content (AvgIpc) is 3.02. The normalized spacial score (nSPS) is 11.9. The molecule has 2 rings (SSSR count). The van der Waals surface area contributed by atoms with Gasteiger partial charge in [-0.15, -0.1) is 0 Å². The largest absolute Gasteiger partial charge is 0.350 e. The lowest BCUT2D eigenvalue weighted by Crippen LogP contribution is -2.31. The van der Waals surface area contributed by atoms with Crippen molar-refractivity contribution in [1.82, 2.24) is 15.1 Å². The molecule has 3 N–H and O–H groups in total. The van der Waals surface area contributed by atoms with Gasteiger partial charge in [0.25, 0.3) is 11.6 Å². The number of nitrogens with zero attached hydrogens (tertiary/aromatic N) is 3. The summed E-state index contributed by atoms with van der Waals surface area (Å²) in [5.74, 6) is -0.0818. The van der Waals surface area contributed by atoms with E-state index in [-0.39, 0.29) is 23.2 Å². The minimum atomic E-state index is -0.468. The molecule has 0 saturated carbocycles. The molecule has 116 valence electrons. The summed E-state index contributed by atoms with van der Waals surface area (Å²) >= 11 is 0. The number of aromatic nitrogens is 2. The number of amides is 1. The molecule has 22 heavy (non-hydrogen) atoms. The van der Waals surface area contributed by atoms with Crippen molar-refractivity contribution in [3.05, 3.63) is 52.3 Å². The number of carbonyl (C=O) groups is 1. The van der Waals surface area contributed by atoms with Crippen LogP contribution < -0.4 is 11.1 Å². The van der Waals surface area contributed by atoms with E-state index in [0.29, 0.717) is 18.8 Å². The fourth-order valence-corrected chi connectivity index (χ4v) is 1.76. The second kappa shape index (κ2) is 6.81. The molecule has 1 heterocycles. The lowest BCUT2D eigenvalue weighted by atomic mass is 10.2. The molecule has 0 aliphatic carbocycles. The number of nitrogens with two attached hydrogens (primary N) is 1. The van der Waals surface area contributed by atoms with Crippen molar-refractivity contribution < 1.29 is 9.72 Å². The van der Waals surface area contributed by atoms with Gasteiger partial charge < -0.3 is 11.1 Å². The third-order valence-corrected chi connectivity index (χ3v) is 3.16. The summed E-state index contributed by atoms with van der Waals surface area (Å²) in [5, 5.41) is 17.5. The number of nitro benzene ring substituents is 1. The third-order valence-electron chi connectivity index (χ3n) is 3.16. The lowest BCUT2D eigenvalue weighted by molar-refractivity contribution is -0.384. The van der Waals surface area contributed by atoms with Crippen LogP contribution in [0.15, 0.2) is 36.5 Å². The smallest absolute Gasteiger partial charge is 0.271 e. The van der Waals surface area contributed by atoms with Gasteiger partial charge in [0.1, 0.15) is 0 Å². The number of rotatable bonds is 6. The predicted molar refractivity (Wildman–Crippen MR) is 80.8 cm³/mol. The molecule has 1 aromatic carbocycles. The maximum atomic E-state index is 11.9. The van der Waals surface area contributed by atoms with Crippen molar-refractivity contribution >= 4 is 11.6 Å². The summed E-state index contributed by atoms with van der Waals surface area (Å²) in [6.07, 6.45) is 1.63. The highest BCUT2D eigenvalue weighted by Gasteiger charge is 2.12. The van der Waals surface area contributed by atoms with Gasteiger partial charge >= 0.3 is 0 Å². The Balaban J connectivity index is 2.07. The Morgan fingerprint density at radius 2 is 2.09 bits per heavy atom. The zero-order chi connectivity index (χ0) is 16.1. The maximum Gasteiger partial charge on any atom is 0.271 e. The van der Waals surface area contributed by atoms with Crippen LogP contribution in [0.2, 0.25) is 0 Å². The highest BCUT2D eigenvalue weighted by Crippen LogP contribution is 2.14. The molecule has 0 fully saturated rings. The first-order valence-corrected chi connectivity index (χ1v) is 6.80. The number of nitro groups is 1. The number of hydrogen-bond donors (Lipinski definition) is 2. The van der Waals surface area contributed by atoms with E-state index in [1.54, 1.807) is 24.4 Å². The molecule has 1 unspecified atom stereocenters. The van der Waals surface area contributed by atoms with Crippen LogP contribution in [0, 0.1) is 16.0 Å². The molecule has 8 heteroatoms. The summed E-state index contributed by atoms with van der Waals surface area (Å²) in [4.78, 5) is 22.1. The predicted octanol–water partition coefficient (Wildman–Crippen LogP) is 1.11. The van der Waals surface area contributed by atoms with Crippen molar-refractivity contribution in [2.75, 3.05) is 13.1 Å². The van der Waals surface area contributed by atoms with Crippen molar-refractivity contribution in [3.63, 3.8) is 0 Å². The Morgan fingerprint density at radius 1 is 1.41 bits per heavy atom. The van der Waals surface area contributed by atoms with E-state index >= 15 is 0 Å². The Hall–Kier alpha value is -2.74. The molecule has 8 nitrogen and oxygen atoms in total. The molecule has 0 saturated heterocycles. The number of hydrogen-bond acceptors (Lipinski definition) is 5. The monoisotopic (exact) mass is 303 g/mol. The molecule has 1 atom stereocenters. The van der Waals surface area contributed by atoms with Crippen molar-refractivity contribution in [2.45, 2.75) is 6.92 Å². The lowest BCUT2D eigenvalue weighted by Gasteiger charge is -2.08. The minimum absolute atomic E-state index is 0.00430. The Labute approximate surface area is 127 Å². The number of nitrogens with one attached hydrogen (secondary N) is 1. The second-order valence-electron chi connectivity index (χ2n) is 4.97.